The summed E-state index contributed by atoms with van der Waals surface area (Å²) in [6, 6.07) is 12.2. The molecule has 21 heavy (non-hydrogen) atoms. The van der Waals surface area contributed by atoms with E-state index in [0.29, 0.717) is 16.7 Å². The summed E-state index contributed by atoms with van der Waals surface area (Å²) in [5.74, 6) is 0.472. The van der Waals surface area contributed by atoms with Gasteiger partial charge in [0.1, 0.15) is 11.6 Å². The zero-order valence-corrected chi connectivity index (χ0v) is 11.8. The Kier molecular flexibility index (Phi) is 3.17. The van der Waals surface area contributed by atoms with Gasteiger partial charge in [0, 0.05) is 30.7 Å². The molecule has 0 fully saturated rings. The fraction of sp³-hybridized carbons (Fsp3) is 0.125. The first-order valence-corrected chi connectivity index (χ1v) is 6.55. The summed E-state index contributed by atoms with van der Waals surface area (Å²) >= 11 is 0. The lowest BCUT2D eigenvalue weighted by Gasteiger charge is -2.13. The van der Waals surface area contributed by atoms with Crippen LogP contribution in [0.15, 0.2) is 42.5 Å². The molecule has 3 rings (SSSR count). The number of benzene rings is 2. The third-order valence-electron chi connectivity index (χ3n) is 3.31. The van der Waals surface area contributed by atoms with Crippen LogP contribution < -0.4 is 10.6 Å². The Hall–Kier alpha value is -2.69. The van der Waals surface area contributed by atoms with Crippen LogP contribution in [0.25, 0.3) is 22.3 Å². The van der Waals surface area contributed by atoms with Crippen LogP contribution in [0, 0.1) is 5.82 Å². The van der Waals surface area contributed by atoms with Gasteiger partial charge in [0.25, 0.3) is 0 Å². The Morgan fingerprint density at radius 2 is 1.86 bits per heavy atom. The average molecular weight is 282 g/mol. The molecule has 4 nitrogen and oxygen atoms in total. The number of nitrogens with two attached hydrogens (primary N) is 1. The molecule has 2 aromatic carbocycles. The number of anilines is 2. The lowest BCUT2D eigenvalue weighted by atomic mass is 10.1. The van der Waals surface area contributed by atoms with Gasteiger partial charge in [-0.3, -0.25) is 0 Å². The molecule has 0 spiro atoms. The Bertz CT molecular complexity index is 814. The van der Waals surface area contributed by atoms with E-state index in [1.54, 1.807) is 6.07 Å². The number of nitrogens with zero attached hydrogens (tertiary/aromatic N) is 3. The fourth-order valence-corrected chi connectivity index (χ4v) is 2.18. The number of hydrogen-bond donors (Lipinski definition) is 1. The van der Waals surface area contributed by atoms with Crippen molar-refractivity contribution in [1.29, 1.82) is 0 Å². The molecule has 5 heteroatoms. The van der Waals surface area contributed by atoms with Gasteiger partial charge in [-0.1, -0.05) is 12.1 Å². The summed E-state index contributed by atoms with van der Waals surface area (Å²) < 4.78 is 13.3. The third kappa shape index (κ3) is 2.50. The van der Waals surface area contributed by atoms with Crippen molar-refractivity contribution in [3.63, 3.8) is 0 Å². The van der Waals surface area contributed by atoms with E-state index in [-0.39, 0.29) is 11.6 Å². The maximum absolute atomic E-state index is 13.3. The van der Waals surface area contributed by atoms with Crippen molar-refractivity contribution in [2.24, 2.45) is 0 Å². The molecular formula is C16H15FN4. The van der Waals surface area contributed by atoms with Gasteiger partial charge in [-0.15, -0.1) is 0 Å². The molecule has 2 N–H and O–H groups in total. The van der Waals surface area contributed by atoms with Crippen LogP contribution >= 0.6 is 0 Å². The second-order valence-corrected chi connectivity index (χ2v) is 5.04. The molecule has 0 aliphatic carbocycles. The van der Waals surface area contributed by atoms with E-state index in [2.05, 4.69) is 9.97 Å². The van der Waals surface area contributed by atoms with E-state index in [4.69, 9.17) is 5.73 Å². The molecule has 0 bridgehead atoms. The predicted molar refractivity (Wildman–Crippen MR) is 83.7 cm³/mol. The number of halogens is 1. The van der Waals surface area contributed by atoms with Crippen LogP contribution in [-0.2, 0) is 0 Å². The van der Waals surface area contributed by atoms with Crippen LogP contribution in [-0.4, -0.2) is 24.1 Å². The van der Waals surface area contributed by atoms with Crippen LogP contribution in [0.3, 0.4) is 0 Å². The van der Waals surface area contributed by atoms with Gasteiger partial charge < -0.3 is 10.6 Å². The Morgan fingerprint density at radius 3 is 2.62 bits per heavy atom. The predicted octanol–water partition coefficient (Wildman–Crippen LogP) is 3.08. The Labute approximate surface area is 122 Å². The van der Waals surface area contributed by atoms with E-state index in [1.807, 2.05) is 43.3 Å². The molecule has 1 aromatic heterocycles. The van der Waals surface area contributed by atoms with Crippen molar-refractivity contribution in [3.8, 4) is 11.4 Å². The second kappa shape index (κ2) is 5.01. The highest BCUT2D eigenvalue weighted by molar-refractivity contribution is 5.89. The van der Waals surface area contributed by atoms with Crippen molar-refractivity contribution < 1.29 is 4.39 Å². The molecule has 0 saturated carbocycles. The van der Waals surface area contributed by atoms with Crippen LogP contribution in [0.1, 0.15) is 0 Å². The Balaban J connectivity index is 2.17. The number of nitrogen functional groups attached to an aromatic ring is 1. The van der Waals surface area contributed by atoms with Crippen LogP contribution in [0.4, 0.5) is 15.9 Å². The number of aromatic nitrogens is 2. The van der Waals surface area contributed by atoms with Gasteiger partial charge in [0.15, 0.2) is 5.82 Å². The maximum Gasteiger partial charge on any atom is 0.162 e. The zero-order valence-electron chi connectivity index (χ0n) is 11.8. The molecule has 0 unspecified atom stereocenters. The highest BCUT2D eigenvalue weighted by atomic mass is 19.1. The molecule has 0 atom stereocenters. The summed E-state index contributed by atoms with van der Waals surface area (Å²) in [5, 5.41) is 0.530. The summed E-state index contributed by atoms with van der Waals surface area (Å²) in [6.07, 6.45) is 0. The topological polar surface area (TPSA) is 55.0 Å². The average Bonchev–Trinajstić information content (AvgIpc) is 2.48. The molecule has 0 aliphatic rings. The minimum atomic E-state index is -0.347. The lowest BCUT2D eigenvalue weighted by Crippen LogP contribution is -2.08. The molecule has 0 amide bonds. The monoisotopic (exact) mass is 282 g/mol. The van der Waals surface area contributed by atoms with E-state index in [0.717, 1.165) is 11.3 Å². The van der Waals surface area contributed by atoms with Gasteiger partial charge >= 0.3 is 0 Å². The second-order valence-electron chi connectivity index (χ2n) is 5.04. The molecule has 0 radical (unpaired) electrons. The molecule has 1 heterocycles. The summed E-state index contributed by atoms with van der Waals surface area (Å²) in [7, 11) is 3.94. The van der Waals surface area contributed by atoms with Gasteiger partial charge in [-0.05, 0) is 30.3 Å². The van der Waals surface area contributed by atoms with Gasteiger partial charge in [0.05, 0.1) is 5.52 Å². The van der Waals surface area contributed by atoms with Gasteiger partial charge in [-0.2, -0.15) is 0 Å². The van der Waals surface area contributed by atoms with Crippen LogP contribution in [0.2, 0.25) is 0 Å². The highest BCUT2D eigenvalue weighted by Gasteiger charge is 2.09. The smallest absolute Gasteiger partial charge is 0.162 e. The van der Waals surface area contributed by atoms with E-state index in [1.165, 1.54) is 12.1 Å². The SMILES string of the molecule is CN(C)c1cccc(-c2nc(N)c3cc(F)ccc3n2)c1. The quantitative estimate of drug-likeness (QED) is 0.784. The molecule has 3 aromatic rings. The largest absolute Gasteiger partial charge is 0.383 e. The Morgan fingerprint density at radius 1 is 1.05 bits per heavy atom. The summed E-state index contributed by atoms with van der Waals surface area (Å²) in [4.78, 5) is 10.8. The molecule has 0 aliphatic heterocycles. The molecule has 0 saturated heterocycles. The minimum Gasteiger partial charge on any atom is -0.383 e. The maximum atomic E-state index is 13.3. The first-order chi connectivity index (χ1) is 10.0. The van der Waals surface area contributed by atoms with Crippen molar-refractivity contribution in [3.05, 3.63) is 48.3 Å². The summed E-state index contributed by atoms with van der Waals surface area (Å²) in [6.45, 7) is 0. The lowest BCUT2D eigenvalue weighted by molar-refractivity contribution is 0.629. The van der Waals surface area contributed by atoms with Crippen molar-refractivity contribution in [1.82, 2.24) is 9.97 Å². The molecule has 106 valence electrons. The number of rotatable bonds is 2. The van der Waals surface area contributed by atoms with Gasteiger partial charge in [-0.25, -0.2) is 14.4 Å². The van der Waals surface area contributed by atoms with E-state index < -0.39 is 0 Å². The first kappa shape index (κ1) is 13.3. The summed E-state index contributed by atoms with van der Waals surface area (Å²) in [5.41, 5.74) is 8.49. The number of fused-ring (bicyclic) bond motifs is 1. The fourth-order valence-electron chi connectivity index (χ4n) is 2.18. The van der Waals surface area contributed by atoms with Gasteiger partial charge in [0.2, 0.25) is 0 Å². The van der Waals surface area contributed by atoms with E-state index >= 15 is 0 Å². The zero-order chi connectivity index (χ0) is 15.0. The van der Waals surface area contributed by atoms with Crippen molar-refractivity contribution in [2.75, 3.05) is 24.7 Å². The molecular weight excluding hydrogens is 267 g/mol. The number of hydrogen-bond acceptors (Lipinski definition) is 4. The first-order valence-electron chi connectivity index (χ1n) is 6.55. The minimum absolute atomic E-state index is 0.282. The van der Waals surface area contributed by atoms with Crippen molar-refractivity contribution >= 4 is 22.4 Å². The van der Waals surface area contributed by atoms with Crippen LogP contribution in [0.5, 0.6) is 0 Å². The van der Waals surface area contributed by atoms with E-state index in [9.17, 15) is 4.39 Å². The normalized spacial score (nSPS) is 10.8. The highest BCUT2D eigenvalue weighted by Crippen LogP contribution is 2.25. The van der Waals surface area contributed by atoms with Crippen molar-refractivity contribution in [2.45, 2.75) is 0 Å². The third-order valence-corrected chi connectivity index (χ3v) is 3.31. The standard InChI is InChI=1S/C16H15FN4/c1-21(2)12-5-3-4-10(8-12)16-19-14-7-6-11(17)9-13(14)15(18)20-16/h3-9H,1-2H3,(H2,18,19,20).